The zero-order valence-electron chi connectivity index (χ0n) is 33.3. The van der Waals surface area contributed by atoms with Crippen LogP contribution in [0.15, 0.2) is 93.3 Å². The van der Waals surface area contributed by atoms with Gasteiger partial charge in [0, 0.05) is 11.4 Å². The zero-order chi connectivity index (χ0) is 47.2. The molecule has 0 heterocycles. The Morgan fingerprint density at radius 2 is 0.859 bits per heavy atom. The van der Waals surface area contributed by atoms with E-state index in [1.165, 1.54) is 72.8 Å². The van der Waals surface area contributed by atoms with Crippen LogP contribution in [0.4, 0.5) is 34.1 Å². The summed E-state index contributed by atoms with van der Waals surface area (Å²) >= 11 is 49.5. The van der Waals surface area contributed by atoms with E-state index in [0.29, 0.717) is 16.8 Å². The minimum Gasteiger partial charge on any atom is -0.324 e. The quantitative estimate of drug-likeness (QED) is 0.0484. The van der Waals surface area contributed by atoms with Gasteiger partial charge in [-0.25, -0.2) is 0 Å². The Bertz CT molecular complexity index is 2800. The van der Waals surface area contributed by atoms with E-state index in [1.54, 1.807) is 13.8 Å². The molecule has 5 rings (SSSR count). The van der Waals surface area contributed by atoms with E-state index in [1.807, 2.05) is 0 Å². The maximum Gasteiger partial charge on any atom is 0.258 e. The number of amides is 4. The minimum absolute atomic E-state index is 0.0180. The van der Waals surface area contributed by atoms with Crippen LogP contribution in [0.5, 0.6) is 0 Å². The van der Waals surface area contributed by atoms with Gasteiger partial charge in [0.1, 0.15) is 11.4 Å². The zero-order valence-corrected chi connectivity index (χ0v) is 39.4. The predicted octanol–water partition coefficient (Wildman–Crippen LogP) is 13.4. The fraction of sp³-hybridized carbons (Fsp3) is 0.143. The third-order valence-electron chi connectivity index (χ3n) is 8.84. The van der Waals surface area contributed by atoms with E-state index in [0.717, 1.165) is 13.8 Å². The summed E-state index contributed by atoms with van der Waals surface area (Å²) in [4.78, 5) is 78.3. The predicted molar refractivity (Wildman–Crippen MR) is 253 cm³/mol. The van der Waals surface area contributed by atoms with Crippen LogP contribution in [0.3, 0.4) is 0 Å². The monoisotopic (exact) mass is 1020 g/mol. The fourth-order valence-electron chi connectivity index (χ4n) is 5.67. The van der Waals surface area contributed by atoms with E-state index in [2.05, 4.69) is 41.7 Å². The van der Waals surface area contributed by atoms with Gasteiger partial charge >= 0.3 is 0 Å². The number of aryl methyl sites for hydroxylation is 2. The van der Waals surface area contributed by atoms with Crippen LogP contribution in [0, 0.1) is 13.8 Å². The molecular formula is C42H30Cl8N8O6. The summed E-state index contributed by atoms with van der Waals surface area (Å²) in [5.41, 5.74) is 1.70. The summed E-state index contributed by atoms with van der Waals surface area (Å²) < 4.78 is 0. The molecule has 5 aromatic rings. The maximum atomic E-state index is 13.5. The van der Waals surface area contributed by atoms with Crippen molar-refractivity contribution >= 4 is 162 Å². The number of azo groups is 2. The highest BCUT2D eigenvalue weighted by atomic mass is 35.5. The first kappa shape index (κ1) is 49.8. The first-order valence-corrected chi connectivity index (χ1v) is 21.2. The van der Waals surface area contributed by atoms with E-state index in [9.17, 15) is 28.8 Å². The molecular weight excluding hydrogens is 996 g/mol. The lowest BCUT2D eigenvalue weighted by Crippen LogP contribution is -2.33. The van der Waals surface area contributed by atoms with Crippen molar-refractivity contribution in [3.63, 3.8) is 0 Å². The van der Waals surface area contributed by atoms with Gasteiger partial charge in [-0.3, -0.25) is 28.8 Å². The minimum atomic E-state index is -1.63. The van der Waals surface area contributed by atoms with Crippen LogP contribution in [0.2, 0.25) is 40.2 Å². The van der Waals surface area contributed by atoms with Crippen molar-refractivity contribution in [2.75, 3.05) is 21.3 Å². The highest BCUT2D eigenvalue weighted by Crippen LogP contribution is 2.36. The Morgan fingerprint density at radius 3 is 1.25 bits per heavy atom. The second-order valence-electron chi connectivity index (χ2n) is 13.6. The molecule has 4 N–H and O–H groups in total. The van der Waals surface area contributed by atoms with Crippen molar-refractivity contribution in [3.8, 4) is 0 Å². The molecule has 0 fully saturated rings. The fourth-order valence-corrected chi connectivity index (χ4v) is 7.36. The molecule has 0 aliphatic rings. The number of benzene rings is 5. The summed E-state index contributed by atoms with van der Waals surface area (Å²) in [5.74, 6) is -4.34. The molecule has 2 atom stereocenters. The number of nitrogens with zero attached hydrogens (tertiary/aromatic N) is 4. The van der Waals surface area contributed by atoms with Gasteiger partial charge in [-0.2, -0.15) is 20.5 Å². The summed E-state index contributed by atoms with van der Waals surface area (Å²) in [7, 11) is 0. The van der Waals surface area contributed by atoms with Crippen molar-refractivity contribution in [3.05, 3.63) is 135 Å². The van der Waals surface area contributed by atoms with Crippen molar-refractivity contribution in [1.82, 2.24) is 0 Å². The molecule has 5 aromatic carbocycles. The SMILES string of the molecule is CC(=O)C(N=Nc1cccc(C(=O)Nc2cc(Cl)c(Cl)cc2Cl)c1Cl)C(=O)Nc1cc(C)c(NC(=O)C(N=Nc2cccc(C(=O)Nc3cc(Cl)c(Cl)cc3Cl)c2Cl)C(C)=O)c(C)c1. The Labute approximate surface area is 405 Å². The molecule has 0 radical (unpaired) electrons. The third kappa shape index (κ3) is 12.1. The largest absolute Gasteiger partial charge is 0.324 e. The van der Waals surface area contributed by atoms with Crippen LogP contribution in [-0.4, -0.2) is 47.3 Å². The van der Waals surface area contributed by atoms with Gasteiger partial charge in [0.05, 0.1) is 62.7 Å². The lowest BCUT2D eigenvalue weighted by Gasteiger charge is -2.17. The number of carbonyl (C=O) groups excluding carboxylic acids is 6. The van der Waals surface area contributed by atoms with Gasteiger partial charge in [-0.05, 0) is 99.5 Å². The van der Waals surface area contributed by atoms with Crippen molar-refractivity contribution in [2.24, 2.45) is 20.5 Å². The number of nitrogens with one attached hydrogen (secondary N) is 4. The van der Waals surface area contributed by atoms with Crippen LogP contribution < -0.4 is 21.3 Å². The molecule has 0 spiro atoms. The normalized spacial score (nSPS) is 12.2. The number of rotatable bonds is 14. The summed E-state index contributed by atoms with van der Waals surface area (Å²) in [5, 5.41) is 27.1. The van der Waals surface area contributed by atoms with Crippen LogP contribution >= 0.6 is 92.8 Å². The van der Waals surface area contributed by atoms with E-state index in [-0.39, 0.29) is 79.7 Å². The summed E-state index contributed by atoms with van der Waals surface area (Å²) in [6.45, 7) is 5.55. The van der Waals surface area contributed by atoms with E-state index < -0.39 is 47.3 Å². The molecule has 0 saturated heterocycles. The molecule has 22 heteroatoms. The van der Waals surface area contributed by atoms with E-state index >= 15 is 0 Å². The Hall–Kier alpha value is -5.16. The van der Waals surface area contributed by atoms with Crippen LogP contribution in [0.1, 0.15) is 45.7 Å². The number of anilines is 4. The van der Waals surface area contributed by atoms with Gasteiger partial charge in [0.2, 0.25) is 12.1 Å². The Balaban J connectivity index is 1.27. The van der Waals surface area contributed by atoms with Gasteiger partial charge in [-0.1, -0.05) is 105 Å². The average Bonchev–Trinajstić information content (AvgIpc) is 3.21. The lowest BCUT2D eigenvalue weighted by molar-refractivity contribution is -0.127. The second-order valence-corrected chi connectivity index (χ2v) is 16.8. The van der Waals surface area contributed by atoms with E-state index in [4.69, 9.17) is 92.8 Å². The van der Waals surface area contributed by atoms with Crippen molar-refractivity contribution in [2.45, 2.75) is 39.8 Å². The molecule has 0 aliphatic carbocycles. The Kier molecular flexibility index (Phi) is 16.9. The molecule has 64 heavy (non-hydrogen) atoms. The maximum absolute atomic E-state index is 13.5. The summed E-state index contributed by atoms with van der Waals surface area (Å²) in [6.07, 6.45) is 0. The van der Waals surface area contributed by atoms with Gasteiger partial charge in [-0.15, -0.1) is 0 Å². The highest BCUT2D eigenvalue weighted by Gasteiger charge is 2.27. The van der Waals surface area contributed by atoms with Crippen molar-refractivity contribution in [1.29, 1.82) is 0 Å². The molecule has 4 amide bonds. The first-order chi connectivity index (χ1) is 30.2. The number of Topliss-reactive ketones (excluding diaryl/α,β-unsaturated/α-hetero) is 2. The standard InChI is InChI=1S/C42H30Cl8N8O6/c1-17-11-21(51-41(63)37(19(3)59)57-55-30-9-5-7-22(34(30)49)39(61)52-32-15-26(45)24(43)13-28(32)47)12-18(2)36(17)54-42(64)38(20(4)60)58-56-31-10-6-8-23(35(31)50)40(62)53-33-16-27(46)25(44)14-29(33)48/h5-16,37-38H,1-4H3,(H,51,63)(H,52,61)(H,53,62)(H,54,64). The molecule has 330 valence electrons. The van der Waals surface area contributed by atoms with Gasteiger partial charge in [0.25, 0.3) is 23.6 Å². The Morgan fingerprint density at radius 1 is 0.484 bits per heavy atom. The van der Waals surface area contributed by atoms with Crippen LogP contribution in [-0.2, 0) is 19.2 Å². The number of hydrogen-bond donors (Lipinski definition) is 4. The third-order valence-corrected chi connectivity index (χ3v) is 11.7. The average molecular weight is 1030 g/mol. The molecule has 0 saturated carbocycles. The van der Waals surface area contributed by atoms with Crippen molar-refractivity contribution < 1.29 is 28.8 Å². The molecule has 14 nitrogen and oxygen atoms in total. The lowest BCUT2D eigenvalue weighted by atomic mass is 10.1. The topological polar surface area (TPSA) is 200 Å². The first-order valence-electron chi connectivity index (χ1n) is 18.2. The molecule has 2 unspecified atom stereocenters. The van der Waals surface area contributed by atoms with Gasteiger partial charge < -0.3 is 21.3 Å². The molecule has 0 aromatic heterocycles. The highest BCUT2D eigenvalue weighted by molar-refractivity contribution is 6.45. The van der Waals surface area contributed by atoms with Crippen LogP contribution in [0.25, 0.3) is 0 Å². The summed E-state index contributed by atoms with van der Waals surface area (Å²) in [6, 6.07) is 13.9. The number of halogens is 8. The van der Waals surface area contributed by atoms with Gasteiger partial charge in [0.15, 0.2) is 11.6 Å². The molecule has 0 bridgehead atoms. The molecule has 0 aliphatic heterocycles. The number of ketones is 2. The number of carbonyl (C=O) groups is 6. The smallest absolute Gasteiger partial charge is 0.258 e. The number of hydrogen-bond acceptors (Lipinski definition) is 10. The second kappa shape index (κ2) is 21.7.